The summed E-state index contributed by atoms with van der Waals surface area (Å²) < 4.78 is 0. The van der Waals surface area contributed by atoms with Crippen molar-refractivity contribution >= 4 is 24.3 Å². The molecule has 2 aliphatic rings. The molecule has 1 heterocycles. The van der Waals surface area contributed by atoms with E-state index in [9.17, 15) is 9.59 Å². The van der Waals surface area contributed by atoms with Crippen molar-refractivity contribution in [3.8, 4) is 0 Å². The maximum Gasteiger partial charge on any atom is 0.315 e. The molecule has 7 heteroatoms. The first-order valence-electron chi connectivity index (χ1n) is 9.23. The summed E-state index contributed by atoms with van der Waals surface area (Å²) in [6, 6.07) is 0.470. The van der Waals surface area contributed by atoms with Gasteiger partial charge in [-0.15, -0.1) is 12.4 Å². The number of carbonyl (C=O) groups excluding carboxylic acids is 2. The molecule has 0 aromatic rings. The molecular weight excluding hydrogens is 328 g/mol. The fourth-order valence-corrected chi connectivity index (χ4v) is 3.44. The lowest BCUT2D eigenvalue weighted by Crippen LogP contribution is -2.43. The number of carbonyl (C=O) groups is 2. The molecule has 0 spiro atoms. The molecule has 24 heavy (non-hydrogen) atoms. The standard InChI is InChI=1S/C17H32N4O2.ClH/c18-14-10-12-21(13-14)16(22)9-5-2-6-11-19-17(23)20-15-7-3-1-4-8-15;/h14-15H,1-13,18H2,(H2,19,20,23);1H/t14-;/m1./s1. The fourth-order valence-electron chi connectivity index (χ4n) is 3.44. The van der Waals surface area contributed by atoms with Crippen LogP contribution in [-0.4, -0.2) is 48.6 Å². The van der Waals surface area contributed by atoms with Crippen molar-refractivity contribution in [2.75, 3.05) is 19.6 Å². The van der Waals surface area contributed by atoms with Crippen LogP contribution in [0.15, 0.2) is 0 Å². The highest BCUT2D eigenvalue weighted by molar-refractivity contribution is 5.85. The van der Waals surface area contributed by atoms with E-state index in [-0.39, 0.29) is 30.4 Å². The normalized spacial score (nSPS) is 21.2. The molecule has 2 fully saturated rings. The van der Waals surface area contributed by atoms with Gasteiger partial charge in [-0.25, -0.2) is 4.79 Å². The van der Waals surface area contributed by atoms with Crippen LogP contribution in [0.5, 0.6) is 0 Å². The number of nitrogens with one attached hydrogen (secondary N) is 2. The van der Waals surface area contributed by atoms with Gasteiger partial charge in [-0.05, 0) is 32.1 Å². The Morgan fingerprint density at radius 2 is 1.79 bits per heavy atom. The molecule has 6 nitrogen and oxygen atoms in total. The number of nitrogens with two attached hydrogens (primary N) is 1. The zero-order valence-electron chi connectivity index (χ0n) is 14.6. The maximum atomic E-state index is 11.9. The second kappa shape index (κ2) is 11.5. The van der Waals surface area contributed by atoms with Crippen molar-refractivity contribution in [1.29, 1.82) is 0 Å². The fraction of sp³-hybridized carbons (Fsp3) is 0.882. The largest absolute Gasteiger partial charge is 0.341 e. The van der Waals surface area contributed by atoms with Crippen molar-refractivity contribution in [2.24, 2.45) is 5.73 Å². The molecule has 1 saturated heterocycles. The van der Waals surface area contributed by atoms with Gasteiger partial charge in [-0.1, -0.05) is 25.7 Å². The Bertz CT molecular complexity index is 389. The first kappa shape index (κ1) is 21.0. The van der Waals surface area contributed by atoms with Gasteiger partial charge in [-0.2, -0.15) is 0 Å². The van der Waals surface area contributed by atoms with Gasteiger partial charge in [0.1, 0.15) is 0 Å². The predicted octanol–water partition coefficient (Wildman–Crippen LogP) is 2.16. The van der Waals surface area contributed by atoms with Gasteiger partial charge in [-0.3, -0.25) is 4.79 Å². The molecule has 1 saturated carbocycles. The maximum absolute atomic E-state index is 11.9. The molecule has 4 N–H and O–H groups in total. The van der Waals surface area contributed by atoms with E-state index in [1.54, 1.807) is 0 Å². The van der Waals surface area contributed by atoms with Crippen molar-refractivity contribution in [1.82, 2.24) is 15.5 Å². The number of likely N-dealkylation sites (tertiary alicyclic amines) is 1. The van der Waals surface area contributed by atoms with Crippen LogP contribution in [0.25, 0.3) is 0 Å². The number of halogens is 1. The van der Waals surface area contributed by atoms with Gasteiger partial charge in [0.2, 0.25) is 5.91 Å². The van der Waals surface area contributed by atoms with E-state index in [0.717, 1.165) is 45.1 Å². The number of rotatable bonds is 7. The summed E-state index contributed by atoms with van der Waals surface area (Å²) in [5, 5.41) is 5.96. The van der Waals surface area contributed by atoms with E-state index in [0.29, 0.717) is 25.6 Å². The monoisotopic (exact) mass is 360 g/mol. The van der Waals surface area contributed by atoms with Crippen LogP contribution < -0.4 is 16.4 Å². The lowest BCUT2D eigenvalue weighted by molar-refractivity contribution is -0.130. The van der Waals surface area contributed by atoms with Crippen molar-refractivity contribution in [3.63, 3.8) is 0 Å². The van der Waals surface area contributed by atoms with Gasteiger partial charge in [0.25, 0.3) is 0 Å². The number of unbranched alkanes of at least 4 members (excludes halogenated alkanes) is 2. The number of hydrogen-bond donors (Lipinski definition) is 3. The van der Waals surface area contributed by atoms with Crippen molar-refractivity contribution < 1.29 is 9.59 Å². The highest BCUT2D eigenvalue weighted by Crippen LogP contribution is 2.17. The van der Waals surface area contributed by atoms with Gasteiger partial charge < -0.3 is 21.3 Å². The number of nitrogens with zero attached hydrogens (tertiary/aromatic N) is 1. The number of amides is 3. The molecule has 0 aromatic heterocycles. The summed E-state index contributed by atoms with van der Waals surface area (Å²) in [5.41, 5.74) is 5.81. The molecule has 0 radical (unpaired) electrons. The SMILES string of the molecule is Cl.N[C@@H]1CCN(C(=O)CCCCCNC(=O)NC2CCCCC2)C1. The van der Waals surface area contributed by atoms with Crippen LogP contribution in [-0.2, 0) is 4.79 Å². The summed E-state index contributed by atoms with van der Waals surface area (Å²) in [6.07, 6.45) is 10.2. The zero-order chi connectivity index (χ0) is 16.5. The van der Waals surface area contributed by atoms with Gasteiger partial charge in [0, 0.05) is 38.1 Å². The van der Waals surface area contributed by atoms with E-state index < -0.39 is 0 Å². The molecule has 0 unspecified atom stereocenters. The molecule has 140 valence electrons. The summed E-state index contributed by atoms with van der Waals surface area (Å²) in [5.74, 6) is 0.223. The van der Waals surface area contributed by atoms with Crippen LogP contribution in [0, 0.1) is 0 Å². The van der Waals surface area contributed by atoms with E-state index in [2.05, 4.69) is 10.6 Å². The minimum Gasteiger partial charge on any atom is -0.341 e. The Morgan fingerprint density at radius 3 is 2.46 bits per heavy atom. The first-order chi connectivity index (χ1) is 11.1. The third kappa shape index (κ3) is 7.71. The predicted molar refractivity (Wildman–Crippen MR) is 98.3 cm³/mol. The van der Waals surface area contributed by atoms with Crippen LogP contribution in [0.2, 0.25) is 0 Å². The molecule has 2 rings (SSSR count). The van der Waals surface area contributed by atoms with Gasteiger partial charge in [0.15, 0.2) is 0 Å². The number of urea groups is 1. The van der Waals surface area contributed by atoms with Gasteiger partial charge in [0.05, 0.1) is 0 Å². The Hall–Kier alpha value is -1.01. The van der Waals surface area contributed by atoms with Crippen LogP contribution in [0.3, 0.4) is 0 Å². The minimum absolute atomic E-state index is 0. The van der Waals surface area contributed by atoms with Crippen LogP contribution >= 0.6 is 12.4 Å². The van der Waals surface area contributed by atoms with E-state index in [1.165, 1.54) is 19.3 Å². The minimum atomic E-state index is -0.0426. The lowest BCUT2D eigenvalue weighted by Gasteiger charge is -2.22. The third-order valence-corrected chi connectivity index (χ3v) is 4.87. The van der Waals surface area contributed by atoms with Crippen LogP contribution in [0.1, 0.15) is 64.2 Å². The van der Waals surface area contributed by atoms with Crippen molar-refractivity contribution in [3.05, 3.63) is 0 Å². The summed E-state index contributed by atoms with van der Waals surface area (Å²) in [6.45, 7) is 2.20. The third-order valence-electron chi connectivity index (χ3n) is 4.87. The average molecular weight is 361 g/mol. The zero-order valence-corrected chi connectivity index (χ0v) is 15.4. The molecule has 1 aliphatic carbocycles. The molecular formula is C17H33ClN4O2. The van der Waals surface area contributed by atoms with E-state index in [4.69, 9.17) is 5.73 Å². The lowest BCUT2D eigenvalue weighted by atomic mass is 9.96. The molecule has 1 aliphatic heterocycles. The second-order valence-electron chi connectivity index (χ2n) is 6.93. The molecule has 0 aromatic carbocycles. The summed E-state index contributed by atoms with van der Waals surface area (Å²) in [4.78, 5) is 25.6. The molecule has 1 atom stereocenters. The smallest absolute Gasteiger partial charge is 0.315 e. The molecule has 3 amide bonds. The quantitative estimate of drug-likeness (QED) is 0.608. The van der Waals surface area contributed by atoms with E-state index in [1.807, 2.05) is 4.90 Å². The topological polar surface area (TPSA) is 87.5 Å². The van der Waals surface area contributed by atoms with Crippen molar-refractivity contribution in [2.45, 2.75) is 76.3 Å². The average Bonchev–Trinajstić information content (AvgIpc) is 2.98. The number of hydrogen-bond acceptors (Lipinski definition) is 3. The Labute approximate surface area is 151 Å². The first-order valence-corrected chi connectivity index (χ1v) is 9.23. The summed E-state index contributed by atoms with van der Waals surface area (Å²) >= 11 is 0. The second-order valence-corrected chi connectivity index (χ2v) is 6.93. The highest BCUT2D eigenvalue weighted by atomic mass is 35.5. The van der Waals surface area contributed by atoms with Crippen LogP contribution in [0.4, 0.5) is 4.79 Å². The van der Waals surface area contributed by atoms with E-state index >= 15 is 0 Å². The Kier molecular flexibility index (Phi) is 10.1. The molecule has 0 bridgehead atoms. The summed E-state index contributed by atoms with van der Waals surface area (Å²) in [7, 11) is 0. The van der Waals surface area contributed by atoms with Gasteiger partial charge >= 0.3 is 6.03 Å². The highest BCUT2D eigenvalue weighted by Gasteiger charge is 2.22. The Balaban J connectivity index is 0.00000288. The Morgan fingerprint density at radius 1 is 1.04 bits per heavy atom.